The largest absolute Gasteiger partial charge is 0.506 e. The standard InChI is InChI=1S/C6H6O8S2/c7-3-1-2-4(15(9,10)11)5(8)6(3)16(12,13)14/h1-2,7-8H,(H,9,10,11)(H,12,13,14). The molecule has 1 rings (SSSR count). The molecule has 1 aromatic rings. The van der Waals surface area contributed by atoms with Crippen LogP contribution >= 0.6 is 0 Å². The fourth-order valence-electron chi connectivity index (χ4n) is 1.00. The number of hydrogen-bond donors (Lipinski definition) is 4. The Labute approximate surface area is 90.3 Å². The van der Waals surface area contributed by atoms with Gasteiger partial charge in [-0.05, 0) is 12.1 Å². The molecule has 0 aliphatic carbocycles. The van der Waals surface area contributed by atoms with E-state index >= 15 is 0 Å². The van der Waals surface area contributed by atoms with E-state index < -0.39 is 41.5 Å². The average Bonchev–Trinajstić information content (AvgIpc) is 1.97. The first-order valence-electron chi connectivity index (χ1n) is 3.55. The van der Waals surface area contributed by atoms with Crippen LogP contribution in [-0.2, 0) is 20.2 Å². The summed E-state index contributed by atoms with van der Waals surface area (Å²) in [6.07, 6.45) is 0. The molecule has 0 spiro atoms. The predicted molar refractivity (Wildman–Crippen MR) is 49.4 cm³/mol. The molecule has 8 nitrogen and oxygen atoms in total. The van der Waals surface area contributed by atoms with E-state index in [9.17, 15) is 21.9 Å². The van der Waals surface area contributed by atoms with Gasteiger partial charge in [0.1, 0.15) is 10.6 Å². The summed E-state index contributed by atoms with van der Waals surface area (Å²) in [4.78, 5) is -2.53. The van der Waals surface area contributed by atoms with E-state index in [0.29, 0.717) is 12.1 Å². The van der Waals surface area contributed by atoms with Crippen molar-refractivity contribution in [3.05, 3.63) is 12.1 Å². The van der Waals surface area contributed by atoms with Gasteiger partial charge in [-0.3, -0.25) is 9.11 Å². The zero-order valence-electron chi connectivity index (χ0n) is 7.39. The summed E-state index contributed by atoms with van der Waals surface area (Å²) >= 11 is 0. The van der Waals surface area contributed by atoms with Gasteiger partial charge in [0.2, 0.25) is 0 Å². The molecule has 0 aliphatic heterocycles. The van der Waals surface area contributed by atoms with Crippen molar-refractivity contribution in [2.75, 3.05) is 0 Å². The van der Waals surface area contributed by atoms with Gasteiger partial charge in [0.25, 0.3) is 10.1 Å². The van der Waals surface area contributed by atoms with Crippen molar-refractivity contribution in [3.63, 3.8) is 0 Å². The second kappa shape index (κ2) is 3.59. The molecule has 0 amide bonds. The average molecular weight is 270 g/mol. The maximum absolute atomic E-state index is 10.7. The van der Waals surface area contributed by atoms with Crippen molar-refractivity contribution in [2.45, 2.75) is 9.79 Å². The number of rotatable bonds is 2. The highest BCUT2D eigenvalue weighted by atomic mass is 32.2. The number of hydrogen-bond acceptors (Lipinski definition) is 6. The van der Waals surface area contributed by atoms with E-state index in [1.807, 2.05) is 0 Å². The number of benzene rings is 1. The molecule has 0 atom stereocenters. The minimum Gasteiger partial charge on any atom is -0.506 e. The summed E-state index contributed by atoms with van der Waals surface area (Å²) in [5.74, 6) is -2.50. The Morgan fingerprint density at radius 2 is 1.38 bits per heavy atom. The third-order valence-corrected chi connectivity index (χ3v) is 3.41. The topological polar surface area (TPSA) is 149 Å². The Kier molecular flexibility index (Phi) is 2.85. The van der Waals surface area contributed by atoms with Crippen LogP contribution in [0, 0.1) is 0 Å². The second-order valence-electron chi connectivity index (χ2n) is 2.71. The van der Waals surface area contributed by atoms with Crippen molar-refractivity contribution < 1.29 is 36.2 Å². The van der Waals surface area contributed by atoms with Gasteiger partial charge >= 0.3 is 10.1 Å². The van der Waals surface area contributed by atoms with Gasteiger partial charge in [-0.15, -0.1) is 0 Å². The van der Waals surface area contributed by atoms with E-state index in [1.54, 1.807) is 0 Å². The fraction of sp³-hybridized carbons (Fsp3) is 0. The van der Waals surface area contributed by atoms with Crippen LogP contribution in [0.5, 0.6) is 11.5 Å². The normalized spacial score (nSPS) is 12.6. The highest BCUT2D eigenvalue weighted by Crippen LogP contribution is 2.36. The van der Waals surface area contributed by atoms with Gasteiger partial charge in [-0.2, -0.15) is 16.8 Å². The Morgan fingerprint density at radius 1 is 0.875 bits per heavy atom. The molecule has 90 valence electrons. The molecule has 0 bridgehead atoms. The zero-order chi connectivity index (χ0) is 12.7. The van der Waals surface area contributed by atoms with Crippen LogP contribution in [0.2, 0.25) is 0 Å². The van der Waals surface area contributed by atoms with Crippen LogP contribution < -0.4 is 0 Å². The molecule has 4 N–H and O–H groups in total. The van der Waals surface area contributed by atoms with Crippen LogP contribution in [0.25, 0.3) is 0 Å². The molecule has 10 heteroatoms. The quantitative estimate of drug-likeness (QED) is 0.530. The van der Waals surface area contributed by atoms with Crippen LogP contribution in [0.1, 0.15) is 0 Å². The van der Waals surface area contributed by atoms with Gasteiger partial charge in [0, 0.05) is 0 Å². The number of phenolic OH excluding ortho intramolecular Hbond substituents is 2. The molecule has 0 aromatic heterocycles. The van der Waals surface area contributed by atoms with Crippen molar-refractivity contribution in [1.29, 1.82) is 0 Å². The summed E-state index contributed by atoms with van der Waals surface area (Å²) in [7, 11) is -9.89. The van der Waals surface area contributed by atoms with Gasteiger partial charge < -0.3 is 10.2 Å². The molecule has 1 aromatic carbocycles. The SMILES string of the molecule is O=S(=O)(O)c1ccc(O)c(S(=O)(=O)O)c1O. The number of phenols is 2. The molecule has 0 aliphatic rings. The summed E-state index contributed by atoms with van der Waals surface area (Å²) < 4.78 is 60.0. The van der Waals surface area contributed by atoms with Crippen molar-refractivity contribution in [2.24, 2.45) is 0 Å². The van der Waals surface area contributed by atoms with Gasteiger partial charge in [-0.25, -0.2) is 0 Å². The van der Waals surface area contributed by atoms with Crippen LogP contribution in [-0.4, -0.2) is 36.2 Å². The molecule has 0 saturated carbocycles. The minimum absolute atomic E-state index is 0.578. The number of aromatic hydroxyl groups is 2. The lowest BCUT2D eigenvalue weighted by molar-refractivity contribution is 0.398. The second-order valence-corrected chi connectivity index (χ2v) is 5.46. The lowest BCUT2D eigenvalue weighted by Crippen LogP contribution is -2.04. The van der Waals surface area contributed by atoms with Crippen LogP contribution in [0.3, 0.4) is 0 Å². The minimum atomic E-state index is -5.02. The van der Waals surface area contributed by atoms with E-state index in [-0.39, 0.29) is 0 Å². The van der Waals surface area contributed by atoms with Crippen molar-refractivity contribution in [1.82, 2.24) is 0 Å². The first kappa shape index (κ1) is 12.7. The molecule has 0 saturated heterocycles. The van der Waals surface area contributed by atoms with E-state index in [0.717, 1.165) is 0 Å². The van der Waals surface area contributed by atoms with Crippen molar-refractivity contribution in [3.8, 4) is 11.5 Å². The van der Waals surface area contributed by atoms with E-state index in [2.05, 4.69) is 0 Å². The first-order valence-corrected chi connectivity index (χ1v) is 6.43. The van der Waals surface area contributed by atoms with Crippen LogP contribution in [0.15, 0.2) is 21.9 Å². The monoisotopic (exact) mass is 270 g/mol. The lowest BCUT2D eigenvalue weighted by Gasteiger charge is -2.06. The summed E-state index contributed by atoms with van der Waals surface area (Å²) in [6, 6.07) is 1.17. The summed E-state index contributed by atoms with van der Waals surface area (Å²) in [5, 5.41) is 18.2. The van der Waals surface area contributed by atoms with E-state index in [1.165, 1.54) is 0 Å². The molecule has 0 radical (unpaired) electrons. The Hall–Kier alpha value is -1.36. The van der Waals surface area contributed by atoms with Crippen LogP contribution in [0.4, 0.5) is 0 Å². The highest BCUT2D eigenvalue weighted by Gasteiger charge is 2.27. The highest BCUT2D eigenvalue weighted by molar-refractivity contribution is 7.87. The molecular weight excluding hydrogens is 264 g/mol. The Bertz CT molecular complexity index is 627. The molecule has 0 fully saturated rings. The smallest absolute Gasteiger partial charge is 0.302 e. The fourth-order valence-corrected chi connectivity index (χ4v) is 2.34. The maximum Gasteiger partial charge on any atom is 0.302 e. The molecule has 16 heavy (non-hydrogen) atoms. The van der Waals surface area contributed by atoms with E-state index in [4.69, 9.17) is 14.2 Å². The predicted octanol–water partition coefficient (Wildman–Crippen LogP) is -0.409. The third-order valence-electron chi connectivity index (χ3n) is 1.61. The zero-order valence-corrected chi connectivity index (χ0v) is 9.03. The summed E-state index contributed by atoms with van der Waals surface area (Å²) in [5.41, 5.74) is 0. The van der Waals surface area contributed by atoms with Crippen molar-refractivity contribution >= 4 is 20.2 Å². The lowest BCUT2D eigenvalue weighted by atomic mass is 10.3. The molecule has 0 unspecified atom stereocenters. The summed E-state index contributed by atoms with van der Waals surface area (Å²) in [6.45, 7) is 0. The first-order chi connectivity index (χ1) is 7.05. The Morgan fingerprint density at radius 3 is 1.75 bits per heavy atom. The van der Waals surface area contributed by atoms with Gasteiger partial charge in [0.05, 0.1) is 0 Å². The molecular formula is C6H6O8S2. The maximum atomic E-state index is 10.7. The Balaban J connectivity index is 3.79. The van der Waals surface area contributed by atoms with Gasteiger partial charge in [0.15, 0.2) is 10.6 Å². The molecule has 0 heterocycles. The van der Waals surface area contributed by atoms with Gasteiger partial charge in [-0.1, -0.05) is 0 Å². The third kappa shape index (κ3) is 2.24.